The molecule has 2 N–H and O–H groups in total. The minimum absolute atomic E-state index is 0.0253. The van der Waals surface area contributed by atoms with E-state index in [0.29, 0.717) is 5.56 Å². The predicted molar refractivity (Wildman–Crippen MR) is 68.4 cm³/mol. The molecule has 0 aliphatic rings. The predicted octanol–water partition coefficient (Wildman–Crippen LogP) is 1.31. The highest BCUT2D eigenvalue weighted by Gasteiger charge is 2.11. The van der Waals surface area contributed by atoms with Crippen molar-refractivity contribution in [3.8, 4) is 5.75 Å². The lowest BCUT2D eigenvalue weighted by Crippen LogP contribution is -2.25. The first-order valence-corrected chi connectivity index (χ1v) is 5.46. The quantitative estimate of drug-likeness (QED) is 0.849. The zero-order valence-corrected chi connectivity index (χ0v) is 10.3. The maximum absolute atomic E-state index is 12.0. The fraction of sp³-hybridized carbons (Fsp3) is 0.308. The molecule has 0 aliphatic heterocycles. The van der Waals surface area contributed by atoms with Crippen LogP contribution < -0.4 is 16.0 Å². The molecular weight excluding hydrogens is 216 g/mol. The second-order valence-corrected chi connectivity index (χ2v) is 4.05. The summed E-state index contributed by atoms with van der Waals surface area (Å²) < 4.78 is 6.83. The Labute approximate surface area is 99.6 Å². The van der Waals surface area contributed by atoms with Crippen LogP contribution in [0, 0.1) is 6.92 Å². The van der Waals surface area contributed by atoms with E-state index in [4.69, 9.17) is 10.5 Å². The fourth-order valence-corrected chi connectivity index (χ4v) is 2.11. The van der Waals surface area contributed by atoms with E-state index in [1.165, 1.54) is 0 Å². The zero-order chi connectivity index (χ0) is 12.6. The van der Waals surface area contributed by atoms with Crippen LogP contribution in [0.2, 0.25) is 0 Å². The van der Waals surface area contributed by atoms with Crippen LogP contribution in [0.5, 0.6) is 5.75 Å². The van der Waals surface area contributed by atoms with Crippen LogP contribution in [0.1, 0.15) is 11.1 Å². The molecule has 0 radical (unpaired) electrons. The molecule has 0 unspecified atom stereocenters. The van der Waals surface area contributed by atoms with Gasteiger partial charge in [0, 0.05) is 24.5 Å². The number of hydrogen-bond acceptors (Lipinski definition) is 3. The third kappa shape index (κ3) is 1.70. The van der Waals surface area contributed by atoms with Gasteiger partial charge in [-0.25, -0.2) is 0 Å². The number of rotatable bonds is 2. The van der Waals surface area contributed by atoms with Crippen molar-refractivity contribution in [2.75, 3.05) is 7.11 Å². The van der Waals surface area contributed by atoms with Crippen LogP contribution in [0.25, 0.3) is 10.9 Å². The van der Waals surface area contributed by atoms with Gasteiger partial charge < -0.3 is 15.0 Å². The van der Waals surface area contributed by atoms with Crippen molar-refractivity contribution in [2.45, 2.75) is 13.5 Å². The van der Waals surface area contributed by atoms with Gasteiger partial charge in [-0.15, -0.1) is 0 Å². The van der Waals surface area contributed by atoms with Crippen LogP contribution in [0.4, 0.5) is 0 Å². The van der Waals surface area contributed by atoms with E-state index < -0.39 is 0 Å². The van der Waals surface area contributed by atoms with E-state index in [1.54, 1.807) is 18.7 Å². The maximum atomic E-state index is 12.0. The van der Waals surface area contributed by atoms with Gasteiger partial charge in [0.2, 0.25) is 0 Å². The summed E-state index contributed by atoms with van der Waals surface area (Å²) in [5.41, 5.74) is 8.10. The Morgan fingerprint density at radius 1 is 1.41 bits per heavy atom. The third-order valence-electron chi connectivity index (χ3n) is 3.19. The van der Waals surface area contributed by atoms with E-state index in [1.807, 2.05) is 25.1 Å². The van der Waals surface area contributed by atoms with Crippen molar-refractivity contribution in [1.29, 1.82) is 0 Å². The molecule has 4 heteroatoms. The monoisotopic (exact) mass is 232 g/mol. The molecule has 90 valence electrons. The molecule has 17 heavy (non-hydrogen) atoms. The van der Waals surface area contributed by atoms with E-state index in [2.05, 4.69) is 0 Å². The molecule has 0 bridgehead atoms. The second-order valence-electron chi connectivity index (χ2n) is 4.05. The SMILES string of the molecule is COc1ccc2c(c1)c(C)c(CN)c(=O)n2C. The van der Waals surface area contributed by atoms with Crippen molar-refractivity contribution in [2.24, 2.45) is 12.8 Å². The van der Waals surface area contributed by atoms with Gasteiger partial charge in [0.1, 0.15) is 5.75 Å². The average molecular weight is 232 g/mol. The van der Waals surface area contributed by atoms with Crippen LogP contribution in [-0.4, -0.2) is 11.7 Å². The molecule has 1 aromatic carbocycles. The van der Waals surface area contributed by atoms with Crippen LogP contribution >= 0.6 is 0 Å². The molecule has 1 aromatic heterocycles. The number of nitrogens with two attached hydrogens (primary N) is 1. The van der Waals surface area contributed by atoms with Crippen molar-refractivity contribution >= 4 is 10.9 Å². The lowest BCUT2D eigenvalue weighted by atomic mass is 10.0. The van der Waals surface area contributed by atoms with Gasteiger partial charge in [-0.05, 0) is 30.7 Å². The Kier molecular flexibility index (Phi) is 2.90. The number of aryl methyl sites for hydroxylation is 2. The van der Waals surface area contributed by atoms with Crippen LogP contribution in [-0.2, 0) is 13.6 Å². The van der Waals surface area contributed by atoms with Gasteiger partial charge in [-0.2, -0.15) is 0 Å². The topological polar surface area (TPSA) is 57.2 Å². The Morgan fingerprint density at radius 3 is 2.71 bits per heavy atom. The van der Waals surface area contributed by atoms with E-state index >= 15 is 0 Å². The smallest absolute Gasteiger partial charge is 0.255 e. The fourth-order valence-electron chi connectivity index (χ4n) is 2.11. The minimum atomic E-state index is -0.0253. The van der Waals surface area contributed by atoms with Gasteiger partial charge in [-0.3, -0.25) is 4.79 Å². The number of hydrogen-bond donors (Lipinski definition) is 1. The molecular formula is C13H16N2O2. The van der Waals surface area contributed by atoms with Gasteiger partial charge in [0.05, 0.1) is 12.6 Å². The van der Waals surface area contributed by atoms with E-state index in [0.717, 1.165) is 22.2 Å². The highest BCUT2D eigenvalue weighted by atomic mass is 16.5. The highest BCUT2D eigenvalue weighted by molar-refractivity contribution is 5.84. The van der Waals surface area contributed by atoms with Crippen molar-refractivity contribution in [3.05, 3.63) is 39.7 Å². The summed E-state index contributed by atoms with van der Waals surface area (Å²) >= 11 is 0. The van der Waals surface area contributed by atoms with Crippen molar-refractivity contribution in [1.82, 2.24) is 4.57 Å². The Morgan fingerprint density at radius 2 is 2.12 bits per heavy atom. The largest absolute Gasteiger partial charge is 0.497 e. The summed E-state index contributed by atoms with van der Waals surface area (Å²) in [4.78, 5) is 12.0. The third-order valence-corrected chi connectivity index (χ3v) is 3.19. The van der Waals surface area contributed by atoms with Crippen molar-refractivity contribution in [3.63, 3.8) is 0 Å². The number of benzene rings is 1. The van der Waals surface area contributed by atoms with E-state index in [-0.39, 0.29) is 12.1 Å². The zero-order valence-electron chi connectivity index (χ0n) is 10.3. The van der Waals surface area contributed by atoms with Gasteiger partial charge in [0.15, 0.2) is 0 Å². The first kappa shape index (κ1) is 11.7. The molecule has 4 nitrogen and oxygen atoms in total. The average Bonchev–Trinajstić information content (AvgIpc) is 2.36. The Hall–Kier alpha value is -1.81. The number of pyridine rings is 1. The summed E-state index contributed by atoms with van der Waals surface area (Å²) in [5.74, 6) is 0.780. The van der Waals surface area contributed by atoms with Crippen molar-refractivity contribution < 1.29 is 4.74 Å². The molecule has 1 heterocycles. The molecule has 0 saturated carbocycles. The van der Waals surface area contributed by atoms with Gasteiger partial charge >= 0.3 is 0 Å². The van der Waals surface area contributed by atoms with Crippen LogP contribution in [0.3, 0.4) is 0 Å². The number of ether oxygens (including phenoxy) is 1. The summed E-state index contributed by atoms with van der Waals surface area (Å²) in [6.07, 6.45) is 0. The first-order valence-electron chi connectivity index (χ1n) is 5.46. The lowest BCUT2D eigenvalue weighted by Gasteiger charge is -2.12. The molecule has 0 fully saturated rings. The number of nitrogens with zero attached hydrogens (tertiary/aromatic N) is 1. The van der Waals surface area contributed by atoms with Crippen LogP contribution in [0.15, 0.2) is 23.0 Å². The maximum Gasteiger partial charge on any atom is 0.255 e. The molecule has 0 atom stereocenters. The van der Waals surface area contributed by atoms with E-state index in [9.17, 15) is 4.79 Å². The highest BCUT2D eigenvalue weighted by Crippen LogP contribution is 2.23. The number of methoxy groups -OCH3 is 1. The standard InChI is InChI=1S/C13H16N2O2/c1-8-10-6-9(17-3)4-5-12(10)15(2)13(16)11(8)7-14/h4-6H,7,14H2,1-3H3. The molecule has 2 aromatic rings. The molecule has 0 spiro atoms. The lowest BCUT2D eigenvalue weighted by molar-refractivity contribution is 0.415. The molecule has 2 rings (SSSR count). The Balaban J connectivity index is 2.94. The number of aromatic nitrogens is 1. The van der Waals surface area contributed by atoms with Gasteiger partial charge in [-0.1, -0.05) is 0 Å². The summed E-state index contributed by atoms with van der Waals surface area (Å²) in [7, 11) is 3.39. The van der Waals surface area contributed by atoms with Gasteiger partial charge in [0.25, 0.3) is 5.56 Å². The second kappa shape index (κ2) is 4.22. The summed E-state index contributed by atoms with van der Waals surface area (Å²) in [6, 6.07) is 5.68. The summed E-state index contributed by atoms with van der Waals surface area (Å²) in [5, 5.41) is 1.01. The minimum Gasteiger partial charge on any atom is -0.497 e. The summed E-state index contributed by atoms with van der Waals surface area (Å²) in [6.45, 7) is 2.18. The molecule has 0 saturated heterocycles. The Bertz CT molecular complexity index is 629. The normalized spacial score (nSPS) is 10.8. The number of fused-ring (bicyclic) bond motifs is 1. The molecule has 0 amide bonds. The first-order chi connectivity index (χ1) is 8.10. The molecule has 0 aliphatic carbocycles.